The van der Waals surface area contributed by atoms with Crippen LogP contribution >= 0.6 is 11.5 Å². The first kappa shape index (κ1) is 25.8. The first-order chi connectivity index (χ1) is 17.7. The summed E-state index contributed by atoms with van der Waals surface area (Å²) < 4.78 is 14.8. The quantitative estimate of drug-likeness (QED) is 0.330. The van der Waals surface area contributed by atoms with Crippen molar-refractivity contribution in [3.05, 3.63) is 58.6 Å². The van der Waals surface area contributed by atoms with E-state index < -0.39 is 23.8 Å². The minimum Gasteiger partial charge on any atom is -0.508 e. The summed E-state index contributed by atoms with van der Waals surface area (Å²) in [5, 5.41) is 12.7. The first-order valence-corrected chi connectivity index (χ1v) is 12.3. The van der Waals surface area contributed by atoms with Crippen LogP contribution in [-0.2, 0) is 4.79 Å². The zero-order valence-electron chi connectivity index (χ0n) is 20.3. The lowest BCUT2D eigenvalue weighted by molar-refractivity contribution is -0.122. The number of nitrogens with one attached hydrogen (secondary N) is 1. The van der Waals surface area contributed by atoms with Crippen molar-refractivity contribution in [3.8, 4) is 17.2 Å². The number of nitrogens with zero attached hydrogens (tertiary/aromatic N) is 2. The largest absolute Gasteiger partial charge is 0.508 e. The number of amides is 3. The average molecular weight is 526 g/mol. The van der Waals surface area contributed by atoms with E-state index in [2.05, 4.69) is 9.69 Å². The lowest BCUT2D eigenvalue weighted by atomic mass is 10.0. The molecule has 0 fully saturated rings. The number of aromatic hydroxyl groups is 1. The van der Waals surface area contributed by atoms with Crippen molar-refractivity contribution in [2.75, 3.05) is 24.0 Å². The number of rotatable bonds is 9. The number of benzene rings is 2. The predicted octanol–water partition coefficient (Wildman–Crippen LogP) is 2.81. The number of hydrogen-bond acceptors (Lipinski definition) is 9. The molecule has 37 heavy (non-hydrogen) atoms. The van der Waals surface area contributed by atoms with Crippen LogP contribution in [0.4, 0.5) is 11.4 Å². The number of carbonyl (C=O) groups excluding carboxylic acids is 3. The van der Waals surface area contributed by atoms with Gasteiger partial charge in [0.2, 0.25) is 12.7 Å². The van der Waals surface area contributed by atoms with Gasteiger partial charge in [0, 0.05) is 18.3 Å². The van der Waals surface area contributed by atoms with E-state index in [0.29, 0.717) is 46.7 Å². The molecule has 6 N–H and O–H groups in total. The molecular formula is C25H27N5O6S. The highest BCUT2D eigenvalue weighted by atomic mass is 32.1. The minimum atomic E-state index is -1.17. The van der Waals surface area contributed by atoms with Crippen molar-refractivity contribution in [3.63, 3.8) is 0 Å². The van der Waals surface area contributed by atoms with Crippen LogP contribution in [0.5, 0.6) is 17.2 Å². The van der Waals surface area contributed by atoms with Gasteiger partial charge >= 0.3 is 0 Å². The van der Waals surface area contributed by atoms with Crippen LogP contribution in [0.15, 0.2) is 42.5 Å². The number of hydrogen-bond donors (Lipinski definition) is 4. The van der Waals surface area contributed by atoms with Crippen molar-refractivity contribution in [2.45, 2.75) is 26.3 Å². The van der Waals surface area contributed by atoms with E-state index in [9.17, 15) is 19.5 Å². The molecule has 0 spiro atoms. The van der Waals surface area contributed by atoms with Crippen LogP contribution in [0, 0.1) is 5.92 Å². The molecule has 0 radical (unpaired) electrons. The topological polar surface area (TPSA) is 170 Å². The van der Waals surface area contributed by atoms with Gasteiger partial charge in [0.1, 0.15) is 16.7 Å². The number of carbonyl (C=O) groups is 3. The normalized spacial score (nSPS) is 12.8. The summed E-state index contributed by atoms with van der Waals surface area (Å²) in [7, 11) is 0. The first-order valence-electron chi connectivity index (χ1n) is 11.5. The Hall–Kier alpha value is -4.32. The van der Waals surface area contributed by atoms with Crippen LogP contribution in [0.1, 0.15) is 52.0 Å². The van der Waals surface area contributed by atoms with Crippen LogP contribution in [0.25, 0.3) is 0 Å². The summed E-state index contributed by atoms with van der Waals surface area (Å²) in [5.41, 5.74) is 11.8. The molecule has 3 amide bonds. The summed E-state index contributed by atoms with van der Waals surface area (Å²) in [6, 6.07) is 9.64. The number of anilines is 2. The molecule has 3 aromatic rings. The Kier molecular flexibility index (Phi) is 7.48. The monoisotopic (exact) mass is 525 g/mol. The Bertz CT molecular complexity index is 1320. The van der Waals surface area contributed by atoms with E-state index in [1.54, 1.807) is 30.3 Å². The van der Waals surface area contributed by atoms with Gasteiger partial charge < -0.3 is 31.4 Å². The number of nitrogens with two attached hydrogens (primary N) is 2. The maximum absolute atomic E-state index is 14.0. The van der Waals surface area contributed by atoms with E-state index in [1.807, 2.05) is 13.8 Å². The highest BCUT2D eigenvalue weighted by molar-refractivity contribution is 7.09. The second-order valence-corrected chi connectivity index (χ2v) is 9.59. The average Bonchev–Trinajstić information content (AvgIpc) is 3.48. The van der Waals surface area contributed by atoms with E-state index in [-0.39, 0.29) is 28.8 Å². The van der Waals surface area contributed by atoms with Crippen molar-refractivity contribution < 1.29 is 29.0 Å². The summed E-state index contributed by atoms with van der Waals surface area (Å²) in [4.78, 5) is 40.6. The van der Waals surface area contributed by atoms with Crippen molar-refractivity contribution >= 4 is 40.6 Å². The standard InChI is InChI=1S/C25H27N5O6S/c1-13(2)9-10-28-24(33)21(14-3-6-16(31)7-4-14)30(15-5-8-17-18(11-15)36-12-35-17)25(34)22-19(26)20(23(27)32)29-37-22/h3-8,11,13,21,31H,9-10,12,26H2,1-2H3,(H2,27,32)(H,28,33). The third-order valence-corrected chi connectivity index (χ3v) is 6.60. The molecule has 0 saturated heterocycles. The highest BCUT2D eigenvalue weighted by Crippen LogP contribution is 2.39. The Morgan fingerprint density at radius 3 is 2.49 bits per heavy atom. The molecule has 11 nitrogen and oxygen atoms in total. The maximum Gasteiger partial charge on any atom is 0.273 e. The second kappa shape index (κ2) is 10.7. The maximum atomic E-state index is 14.0. The summed E-state index contributed by atoms with van der Waals surface area (Å²) >= 11 is 0.715. The number of nitrogen functional groups attached to an aromatic ring is 1. The van der Waals surface area contributed by atoms with Crippen molar-refractivity contribution in [1.29, 1.82) is 0 Å². The van der Waals surface area contributed by atoms with Gasteiger partial charge in [-0.2, -0.15) is 4.37 Å². The van der Waals surface area contributed by atoms with E-state index in [1.165, 1.54) is 17.0 Å². The highest BCUT2D eigenvalue weighted by Gasteiger charge is 2.36. The number of ether oxygens (including phenoxy) is 2. The molecule has 1 aliphatic heterocycles. The molecule has 0 saturated carbocycles. The molecule has 1 unspecified atom stereocenters. The smallest absolute Gasteiger partial charge is 0.273 e. The number of fused-ring (bicyclic) bond motifs is 1. The van der Waals surface area contributed by atoms with Crippen LogP contribution in [-0.4, -0.2) is 40.5 Å². The van der Waals surface area contributed by atoms with Crippen LogP contribution in [0.2, 0.25) is 0 Å². The fourth-order valence-corrected chi connectivity index (χ4v) is 4.55. The number of phenols is 1. The third-order valence-electron chi connectivity index (χ3n) is 5.75. The SMILES string of the molecule is CC(C)CCNC(=O)C(c1ccc(O)cc1)N(C(=O)c1snc(C(N)=O)c1N)c1ccc2c(c1)OCO2. The molecule has 194 valence electrons. The summed E-state index contributed by atoms with van der Waals surface area (Å²) in [6.07, 6.45) is 0.732. The fourth-order valence-electron chi connectivity index (χ4n) is 3.81. The van der Waals surface area contributed by atoms with Gasteiger partial charge in [0.05, 0.1) is 5.69 Å². The van der Waals surface area contributed by atoms with E-state index in [4.69, 9.17) is 20.9 Å². The molecular weight excluding hydrogens is 498 g/mol. The fraction of sp³-hybridized carbons (Fsp3) is 0.280. The van der Waals surface area contributed by atoms with Gasteiger partial charge in [0.25, 0.3) is 11.8 Å². The molecule has 0 aliphatic carbocycles. The minimum absolute atomic E-state index is 0.00136. The third kappa shape index (κ3) is 5.43. The predicted molar refractivity (Wildman–Crippen MR) is 138 cm³/mol. The molecule has 1 aliphatic rings. The zero-order chi connectivity index (χ0) is 26.7. The number of aromatic nitrogens is 1. The zero-order valence-corrected chi connectivity index (χ0v) is 21.1. The number of primary amides is 1. The van der Waals surface area contributed by atoms with Gasteiger partial charge in [-0.1, -0.05) is 26.0 Å². The Morgan fingerprint density at radius 1 is 1.14 bits per heavy atom. The molecule has 0 bridgehead atoms. The Morgan fingerprint density at radius 2 is 1.84 bits per heavy atom. The van der Waals surface area contributed by atoms with Crippen LogP contribution < -0.4 is 31.2 Å². The van der Waals surface area contributed by atoms with Gasteiger partial charge in [-0.3, -0.25) is 19.3 Å². The molecule has 2 heterocycles. The lowest BCUT2D eigenvalue weighted by Gasteiger charge is -2.31. The van der Waals surface area contributed by atoms with Crippen LogP contribution in [0.3, 0.4) is 0 Å². The van der Waals surface area contributed by atoms with Crippen molar-refractivity contribution in [2.24, 2.45) is 11.7 Å². The molecule has 1 aromatic heterocycles. The molecule has 12 heteroatoms. The Labute approximate surface area is 217 Å². The molecule has 2 aromatic carbocycles. The van der Waals surface area contributed by atoms with Crippen molar-refractivity contribution in [1.82, 2.24) is 9.69 Å². The van der Waals surface area contributed by atoms with Gasteiger partial charge in [-0.15, -0.1) is 0 Å². The van der Waals surface area contributed by atoms with Gasteiger partial charge in [-0.25, -0.2) is 0 Å². The van der Waals surface area contributed by atoms with Gasteiger partial charge in [-0.05, 0) is 53.7 Å². The number of phenolic OH excluding ortho intramolecular Hbond substituents is 1. The second-order valence-electron chi connectivity index (χ2n) is 8.82. The van der Waals surface area contributed by atoms with E-state index in [0.717, 1.165) is 6.42 Å². The summed E-state index contributed by atoms with van der Waals surface area (Å²) in [6.45, 7) is 4.49. The Balaban J connectivity index is 1.84. The summed E-state index contributed by atoms with van der Waals surface area (Å²) in [5.74, 6) is -0.746. The van der Waals surface area contributed by atoms with Gasteiger partial charge in [0.15, 0.2) is 17.2 Å². The lowest BCUT2D eigenvalue weighted by Crippen LogP contribution is -2.44. The van der Waals surface area contributed by atoms with E-state index >= 15 is 0 Å². The molecule has 1 atom stereocenters. The molecule has 4 rings (SSSR count).